The van der Waals surface area contributed by atoms with E-state index < -0.39 is 17.9 Å². The lowest BCUT2D eigenvalue weighted by Crippen LogP contribution is -2.45. The Hall–Kier alpha value is -2.12. The maximum absolute atomic E-state index is 11.2. The van der Waals surface area contributed by atoms with Crippen LogP contribution in [-0.4, -0.2) is 41.5 Å². The molecule has 1 heterocycles. The van der Waals surface area contributed by atoms with Gasteiger partial charge in [0.25, 0.3) is 0 Å². The Balaban J connectivity index is 2.22. The molecule has 1 saturated heterocycles. The van der Waals surface area contributed by atoms with Crippen LogP contribution >= 0.6 is 0 Å². The van der Waals surface area contributed by atoms with E-state index in [1.54, 1.807) is 0 Å². The molecule has 8 heteroatoms. The lowest BCUT2D eigenvalue weighted by molar-refractivity contribution is -0.138. The van der Waals surface area contributed by atoms with Crippen molar-refractivity contribution >= 4 is 23.8 Å². The highest BCUT2D eigenvalue weighted by Gasteiger charge is 2.23. The standard InChI is InChI=1S/C9H13N3O5/c13-6(1-2-8(15)16)12-9(17)11-5-3-7(14)10-4-5/h5H,1-4H2,(H,10,14)(H,15,16)(H2,11,12,13,17). The molecule has 0 bridgehead atoms. The van der Waals surface area contributed by atoms with Gasteiger partial charge in [-0.1, -0.05) is 0 Å². The molecule has 1 aliphatic rings. The Morgan fingerprint density at radius 2 is 2.06 bits per heavy atom. The Bertz CT molecular complexity index is 355. The summed E-state index contributed by atoms with van der Waals surface area (Å²) in [5.41, 5.74) is 0. The molecule has 1 unspecified atom stereocenters. The Labute approximate surface area is 96.7 Å². The number of carboxylic acid groups (broad SMARTS) is 1. The molecular formula is C9H13N3O5. The van der Waals surface area contributed by atoms with Gasteiger partial charge in [-0.15, -0.1) is 0 Å². The first-order valence-electron chi connectivity index (χ1n) is 5.06. The molecule has 1 aliphatic heterocycles. The fourth-order valence-corrected chi connectivity index (χ4v) is 1.34. The van der Waals surface area contributed by atoms with E-state index in [2.05, 4.69) is 10.6 Å². The molecule has 0 radical (unpaired) electrons. The normalized spacial score (nSPS) is 18.4. The minimum atomic E-state index is -1.11. The van der Waals surface area contributed by atoms with Gasteiger partial charge in [0.15, 0.2) is 0 Å². The molecule has 17 heavy (non-hydrogen) atoms. The van der Waals surface area contributed by atoms with Crippen LogP contribution in [0.5, 0.6) is 0 Å². The van der Waals surface area contributed by atoms with Crippen molar-refractivity contribution in [3.05, 3.63) is 0 Å². The molecule has 4 amide bonds. The quantitative estimate of drug-likeness (QED) is 0.481. The maximum atomic E-state index is 11.2. The van der Waals surface area contributed by atoms with Crippen molar-refractivity contribution in [3.8, 4) is 0 Å². The van der Waals surface area contributed by atoms with Crippen LogP contribution in [0, 0.1) is 0 Å². The number of imide groups is 1. The highest BCUT2D eigenvalue weighted by atomic mass is 16.4. The third-order valence-corrected chi connectivity index (χ3v) is 2.13. The topological polar surface area (TPSA) is 125 Å². The maximum Gasteiger partial charge on any atom is 0.321 e. The van der Waals surface area contributed by atoms with E-state index in [0.29, 0.717) is 6.54 Å². The number of carboxylic acids is 1. The summed E-state index contributed by atoms with van der Waals surface area (Å²) in [4.78, 5) is 43.3. The lowest BCUT2D eigenvalue weighted by atomic mass is 10.2. The second-order valence-electron chi connectivity index (χ2n) is 3.62. The van der Waals surface area contributed by atoms with Gasteiger partial charge in [-0.25, -0.2) is 4.79 Å². The van der Waals surface area contributed by atoms with Crippen LogP contribution < -0.4 is 16.0 Å². The van der Waals surface area contributed by atoms with Gasteiger partial charge in [-0.3, -0.25) is 19.7 Å². The van der Waals surface area contributed by atoms with Gasteiger partial charge in [0, 0.05) is 19.4 Å². The summed E-state index contributed by atoms with van der Waals surface area (Å²) in [6, 6.07) is -1.06. The molecule has 0 aromatic carbocycles. The van der Waals surface area contributed by atoms with Crippen molar-refractivity contribution in [2.75, 3.05) is 6.54 Å². The first-order chi connectivity index (χ1) is 7.97. The molecule has 0 aliphatic carbocycles. The number of carbonyl (C=O) groups is 4. The molecule has 0 saturated carbocycles. The SMILES string of the molecule is O=C(O)CCC(=O)NC(=O)NC1CNC(=O)C1. The molecule has 4 N–H and O–H groups in total. The van der Waals surface area contributed by atoms with Crippen LogP contribution in [-0.2, 0) is 14.4 Å². The van der Waals surface area contributed by atoms with Gasteiger partial charge in [-0.2, -0.15) is 0 Å². The van der Waals surface area contributed by atoms with E-state index in [1.165, 1.54) is 0 Å². The van der Waals surface area contributed by atoms with Crippen LogP contribution in [0.1, 0.15) is 19.3 Å². The van der Waals surface area contributed by atoms with E-state index in [-0.39, 0.29) is 31.2 Å². The van der Waals surface area contributed by atoms with Gasteiger partial charge in [0.05, 0.1) is 12.5 Å². The molecule has 0 aromatic rings. The zero-order valence-electron chi connectivity index (χ0n) is 8.99. The predicted molar refractivity (Wildman–Crippen MR) is 55.0 cm³/mol. The van der Waals surface area contributed by atoms with Crippen molar-refractivity contribution in [2.24, 2.45) is 0 Å². The summed E-state index contributed by atoms with van der Waals surface area (Å²) in [7, 11) is 0. The zero-order valence-corrected chi connectivity index (χ0v) is 8.99. The van der Waals surface area contributed by atoms with E-state index >= 15 is 0 Å². The third-order valence-electron chi connectivity index (χ3n) is 2.13. The van der Waals surface area contributed by atoms with Gasteiger partial charge < -0.3 is 15.7 Å². The summed E-state index contributed by atoms with van der Waals surface area (Å²) in [6.07, 6.45) is -0.413. The van der Waals surface area contributed by atoms with Crippen LogP contribution in [0.25, 0.3) is 0 Å². The molecule has 94 valence electrons. The molecule has 0 spiro atoms. The molecule has 8 nitrogen and oxygen atoms in total. The minimum Gasteiger partial charge on any atom is -0.481 e. The highest BCUT2D eigenvalue weighted by Crippen LogP contribution is 1.98. The minimum absolute atomic E-state index is 0.160. The molecule has 1 atom stereocenters. The van der Waals surface area contributed by atoms with Crippen molar-refractivity contribution in [1.29, 1.82) is 0 Å². The van der Waals surface area contributed by atoms with E-state index in [9.17, 15) is 19.2 Å². The van der Waals surface area contributed by atoms with Gasteiger partial charge in [0.1, 0.15) is 0 Å². The number of aliphatic carboxylic acids is 1. The van der Waals surface area contributed by atoms with E-state index in [1.807, 2.05) is 5.32 Å². The fraction of sp³-hybridized carbons (Fsp3) is 0.556. The highest BCUT2D eigenvalue weighted by molar-refractivity contribution is 5.95. The van der Waals surface area contributed by atoms with Crippen molar-refractivity contribution in [2.45, 2.75) is 25.3 Å². The Morgan fingerprint density at radius 1 is 1.35 bits per heavy atom. The lowest BCUT2D eigenvalue weighted by Gasteiger charge is -2.10. The van der Waals surface area contributed by atoms with Crippen molar-refractivity contribution in [1.82, 2.24) is 16.0 Å². The molecular weight excluding hydrogens is 230 g/mol. The van der Waals surface area contributed by atoms with Crippen LogP contribution in [0.2, 0.25) is 0 Å². The Morgan fingerprint density at radius 3 is 2.59 bits per heavy atom. The third kappa shape index (κ3) is 4.96. The fourth-order valence-electron chi connectivity index (χ4n) is 1.34. The van der Waals surface area contributed by atoms with E-state index in [0.717, 1.165) is 0 Å². The van der Waals surface area contributed by atoms with Crippen LogP contribution in [0.15, 0.2) is 0 Å². The number of carbonyl (C=O) groups excluding carboxylic acids is 3. The smallest absolute Gasteiger partial charge is 0.321 e. The first kappa shape index (κ1) is 12.9. The van der Waals surface area contributed by atoms with Crippen molar-refractivity contribution in [3.63, 3.8) is 0 Å². The average Bonchev–Trinajstić information content (AvgIpc) is 2.60. The monoisotopic (exact) mass is 243 g/mol. The van der Waals surface area contributed by atoms with E-state index in [4.69, 9.17) is 5.11 Å². The Kier molecular flexibility index (Phi) is 4.44. The summed E-state index contributed by atoms with van der Waals surface area (Å²) in [5.74, 6) is -1.93. The molecule has 1 rings (SSSR count). The summed E-state index contributed by atoms with van der Waals surface area (Å²) in [5, 5.41) is 15.3. The number of hydrogen-bond acceptors (Lipinski definition) is 4. The molecule has 0 aromatic heterocycles. The summed E-state index contributed by atoms with van der Waals surface area (Å²) in [6.45, 7) is 0.329. The van der Waals surface area contributed by atoms with Gasteiger partial charge >= 0.3 is 12.0 Å². The zero-order chi connectivity index (χ0) is 12.8. The van der Waals surface area contributed by atoms with Gasteiger partial charge in [-0.05, 0) is 0 Å². The predicted octanol–water partition coefficient (Wildman–Crippen LogP) is -1.43. The number of rotatable bonds is 4. The largest absolute Gasteiger partial charge is 0.481 e. The van der Waals surface area contributed by atoms with Crippen molar-refractivity contribution < 1.29 is 24.3 Å². The second kappa shape index (κ2) is 5.83. The van der Waals surface area contributed by atoms with Crippen LogP contribution in [0.3, 0.4) is 0 Å². The number of urea groups is 1. The number of nitrogens with one attached hydrogen (secondary N) is 3. The second-order valence-corrected chi connectivity index (χ2v) is 3.62. The first-order valence-corrected chi connectivity index (χ1v) is 5.06. The summed E-state index contributed by atoms with van der Waals surface area (Å²) < 4.78 is 0. The van der Waals surface area contributed by atoms with Gasteiger partial charge in [0.2, 0.25) is 11.8 Å². The molecule has 1 fully saturated rings. The summed E-state index contributed by atoms with van der Waals surface area (Å²) >= 11 is 0. The number of hydrogen-bond donors (Lipinski definition) is 4. The number of amides is 4. The average molecular weight is 243 g/mol. The van der Waals surface area contributed by atoms with Crippen LogP contribution in [0.4, 0.5) is 4.79 Å².